The highest BCUT2D eigenvalue weighted by Crippen LogP contribution is 2.16. The van der Waals surface area contributed by atoms with Crippen LogP contribution in [-0.2, 0) is 9.47 Å². The highest BCUT2D eigenvalue weighted by Gasteiger charge is 2.16. The average molecular weight is 243 g/mol. The molecule has 1 saturated heterocycles. The molecule has 0 aliphatic carbocycles. The summed E-state index contributed by atoms with van der Waals surface area (Å²) in [5, 5.41) is 3.60. The van der Waals surface area contributed by atoms with E-state index in [1.54, 1.807) is 0 Å². The summed E-state index contributed by atoms with van der Waals surface area (Å²) in [4.78, 5) is 0. The summed E-state index contributed by atoms with van der Waals surface area (Å²) < 4.78 is 11.1. The van der Waals surface area contributed by atoms with Gasteiger partial charge in [-0.3, -0.25) is 0 Å². The lowest BCUT2D eigenvalue weighted by Gasteiger charge is -2.22. The molecule has 0 amide bonds. The minimum Gasteiger partial charge on any atom is -0.380 e. The number of hydrogen-bond acceptors (Lipinski definition) is 3. The third-order valence-electron chi connectivity index (χ3n) is 3.44. The maximum Gasteiger partial charge on any atom is 0.0621 e. The van der Waals surface area contributed by atoms with E-state index in [0.717, 1.165) is 26.4 Å². The van der Waals surface area contributed by atoms with Crippen molar-refractivity contribution in [3.8, 4) is 0 Å². The van der Waals surface area contributed by atoms with Crippen LogP contribution >= 0.6 is 0 Å². The van der Waals surface area contributed by atoms with Crippen molar-refractivity contribution in [1.82, 2.24) is 5.32 Å². The third-order valence-corrected chi connectivity index (χ3v) is 3.44. The van der Waals surface area contributed by atoms with Crippen molar-refractivity contribution in [3.05, 3.63) is 0 Å². The van der Waals surface area contributed by atoms with Gasteiger partial charge in [-0.1, -0.05) is 13.8 Å². The van der Waals surface area contributed by atoms with Crippen LogP contribution in [0.3, 0.4) is 0 Å². The van der Waals surface area contributed by atoms with Crippen molar-refractivity contribution >= 4 is 0 Å². The predicted molar refractivity (Wildman–Crippen MR) is 71.3 cm³/mol. The van der Waals surface area contributed by atoms with Gasteiger partial charge in [0.25, 0.3) is 0 Å². The van der Waals surface area contributed by atoms with Gasteiger partial charge in [0.2, 0.25) is 0 Å². The van der Waals surface area contributed by atoms with Crippen LogP contribution in [0, 0.1) is 5.92 Å². The van der Waals surface area contributed by atoms with E-state index in [4.69, 9.17) is 9.47 Å². The molecule has 0 aromatic heterocycles. The molecule has 1 aliphatic rings. The fraction of sp³-hybridized carbons (Fsp3) is 1.00. The van der Waals surface area contributed by atoms with E-state index in [2.05, 4.69) is 26.1 Å². The molecular weight excluding hydrogens is 214 g/mol. The minimum atomic E-state index is 0.486. The molecule has 0 spiro atoms. The second-order valence-electron chi connectivity index (χ2n) is 5.24. The Morgan fingerprint density at radius 3 is 2.82 bits per heavy atom. The van der Waals surface area contributed by atoms with Gasteiger partial charge in [0.05, 0.1) is 12.7 Å². The molecule has 0 aromatic rings. The van der Waals surface area contributed by atoms with E-state index in [9.17, 15) is 0 Å². The first kappa shape index (κ1) is 14.9. The van der Waals surface area contributed by atoms with Gasteiger partial charge in [-0.25, -0.2) is 0 Å². The fourth-order valence-corrected chi connectivity index (χ4v) is 2.22. The van der Waals surface area contributed by atoms with Crippen LogP contribution in [0.2, 0.25) is 0 Å². The van der Waals surface area contributed by atoms with Gasteiger partial charge in [0, 0.05) is 19.3 Å². The predicted octanol–water partition coefficient (Wildman–Crippen LogP) is 2.60. The normalized spacial score (nSPS) is 22.2. The van der Waals surface area contributed by atoms with Gasteiger partial charge >= 0.3 is 0 Å². The lowest BCUT2D eigenvalue weighted by atomic mass is 10.0. The van der Waals surface area contributed by atoms with E-state index in [1.807, 2.05) is 0 Å². The van der Waals surface area contributed by atoms with Gasteiger partial charge in [-0.2, -0.15) is 0 Å². The monoisotopic (exact) mass is 243 g/mol. The van der Waals surface area contributed by atoms with Crippen LogP contribution in [0.25, 0.3) is 0 Å². The molecule has 3 nitrogen and oxygen atoms in total. The van der Waals surface area contributed by atoms with Crippen LogP contribution < -0.4 is 5.32 Å². The van der Waals surface area contributed by atoms with E-state index in [1.165, 1.54) is 25.7 Å². The molecule has 17 heavy (non-hydrogen) atoms. The maximum absolute atomic E-state index is 5.62. The lowest BCUT2D eigenvalue weighted by molar-refractivity contribution is 0.0971. The Kier molecular flexibility index (Phi) is 7.82. The first-order valence-electron chi connectivity index (χ1n) is 7.16. The van der Waals surface area contributed by atoms with Crippen molar-refractivity contribution < 1.29 is 9.47 Å². The van der Waals surface area contributed by atoms with Gasteiger partial charge in [-0.05, 0) is 45.1 Å². The molecule has 3 heteroatoms. The van der Waals surface area contributed by atoms with Gasteiger partial charge in [0.15, 0.2) is 0 Å². The Morgan fingerprint density at radius 1 is 1.41 bits per heavy atom. The van der Waals surface area contributed by atoms with Gasteiger partial charge in [-0.15, -0.1) is 0 Å². The second-order valence-corrected chi connectivity index (χ2v) is 5.24. The molecule has 1 N–H and O–H groups in total. The summed E-state index contributed by atoms with van der Waals surface area (Å²) in [7, 11) is 0. The Bertz CT molecular complexity index is 179. The number of rotatable bonds is 9. The van der Waals surface area contributed by atoms with Gasteiger partial charge < -0.3 is 14.8 Å². The van der Waals surface area contributed by atoms with E-state index >= 15 is 0 Å². The molecule has 1 aliphatic heterocycles. The zero-order valence-corrected chi connectivity index (χ0v) is 11.7. The third kappa shape index (κ3) is 6.39. The van der Waals surface area contributed by atoms with Crippen molar-refractivity contribution in [2.45, 2.75) is 58.6 Å². The highest BCUT2D eigenvalue weighted by atomic mass is 16.5. The number of nitrogens with one attached hydrogen (secondary N) is 1. The number of ether oxygens (including phenoxy) is 2. The quantitative estimate of drug-likeness (QED) is 0.631. The molecular formula is C14H29NO2. The summed E-state index contributed by atoms with van der Waals surface area (Å²) in [5.74, 6) is 0.629. The molecule has 0 bridgehead atoms. The van der Waals surface area contributed by atoms with E-state index in [0.29, 0.717) is 18.1 Å². The zero-order chi connectivity index (χ0) is 12.5. The molecule has 102 valence electrons. The molecule has 1 heterocycles. The lowest BCUT2D eigenvalue weighted by Crippen LogP contribution is -2.38. The molecule has 2 atom stereocenters. The minimum absolute atomic E-state index is 0.486. The molecule has 1 fully saturated rings. The summed E-state index contributed by atoms with van der Waals surface area (Å²) in [6.07, 6.45) is 5.44. The Balaban J connectivity index is 2.04. The molecule has 0 aromatic carbocycles. The Morgan fingerprint density at radius 2 is 2.24 bits per heavy atom. The highest BCUT2D eigenvalue weighted by molar-refractivity contribution is 4.71. The van der Waals surface area contributed by atoms with Crippen molar-refractivity contribution in [2.24, 2.45) is 5.92 Å². The van der Waals surface area contributed by atoms with Crippen LogP contribution in [0.15, 0.2) is 0 Å². The summed E-state index contributed by atoms with van der Waals surface area (Å²) in [6, 6.07) is 0.486. The molecule has 0 saturated carbocycles. The number of hydrogen-bond donors (Lipinski definition) is 1. The molecule has 1 rings (SSSR count). The van der Waals surface area contributed by atoms with E-state index in [-0.39, 0.29) is 0 Å². The Hall–Kier alpha value is -0.120. The molecule has 2 unspecified atom stereocenters. The average Bonchev–Trinajstić information content (AvgIpc) is 2.80. The second kappa shape index (κ2) is 8.90. The van der Waals surface area contributed by atoms with Crippen LogP contribution in [-0.4, -0.2) is 38.5 Å². The summed E-state index contributed by atoms with van der Waals surface area (Å²) >= 11 is 0. The van der Waals surface area contributed by atoms with Crippen molar-refractivity contribution in [1.29, 1.82) is 0 Å². The smallest absolute Gasteiger partial charge is 0.0621 e. The zero-order valence-electron chi connectivity index (χ0n) is 11.7. The van der Waals surface area contributed by atoms with Crippen LogP contribution in [0.5, 0.6) is 0 Å². The first-order chi connectivity index (χ1) is 8.24. The largest absolute Gasteiger partial charge is 0.380 e. The van der Waals surface area contributed by atoms with E-state index < -0.39 is 0 Å². The van der Waals surface area contributed by atoms with Crippen molar-refractivity contribution in [2.75, 3.05) is 26.4 Å². The van der Waals surface area contributed by atoms with Gasteiger partial charge in [0.1, 0.15) is 0 Å². The standard InChI is InChI=1S/C14H29NO2/c1-4-16-11-14(12(2)3)15-9-5-7-13-8-6-10-17-13/h12-15H,4-11H2,1-3H3. The van der Waals surface area contributed by atoms with Crippen LogP contribution in [0.4, 0.5) is 0 Å². The summed E-state index contributed by atoms with van der Waals surface area (Å²) in [5.41, 5.74) is 0. The topological polar surface area (TPSA) is 30.5 Å². The Labute approximate surface area is 106 Å². The first-order valence-corrected chi connectivity index (χ1v) is 7.16. The van der Waals surface area contributed by atoms with Crippen LogP contribution in [0.1, 0.15) is 46.5 Å². The summed E-state index contributed by atoms with van der Waals surface area (Å²) in [6.45, 7) is 10.2. The van der Waals surface area contributed by atoms with Crippen molar-refractivity contribution in [3.63, 3.8) is 0 Å². The molecule has 0 radical (unpaired) electrons. The maximum atomic E-state index is 5.62. The SMILES string of the molecule is CCOCC(NCCCC1CCCO1)C(C)C. The fourth-order valence-electron chi connectivity index (χ4n) is 2.22.